The fraction of sp³-hybridized carbons (Fsp3) is 0.148. The quantitative estimate of drug-likeness (QED) is 0.211. The summed E-state index contributed by atoms with van der Waals surface area (Å²) in [5.41, 5.74) is 5.70. The lowest BCUT2D eigenvalue weighted by atomic mass is 10.0. The van der Waals surface area contributed by atoms with E-state index in [2.05, 4.69) is 20.8 Å². The van der Waals surface area contributed by atoms with Gasteiger partial charge in [0.05, 0.1) is 13.3 Å². The largest absolute Gasteiger partial charge is 0.504 e. The van der Waals surface area contributed by atoms with Gasteiger partial charge in [0.25, 0.3) is 5.91 Å². The summed E-state index contributed by atoms with van der Waals surface area (Å²) in [6.45, 7) is 0.0783. The van der Waals surface area contributed by atoms with Crippen LogP contribution in [0.25, 0.3) is 10.9 Å². The molecule has 36 heavy (non-hydrogen) atoms. The number of H-pyrrole nitrogens is 1. The fourth-order valence-electron chi connectivity index (χ4n) is 3.66. The van der Waals surface area contributed by atoms with E-state index < -0.39 is 18.0 Å². The lowest BCUT2D eigenvalue weighted by Gasteiger charge is -2.17. The van der Waals surface area contributed by atoms with Crippen molar-refractivity contribution in [1.82, 2.24) is 15.7 Å². The highest BCUT2D eigenvalue weighted by atomic mass is 16.5. The number of methoxy groups -OCH3 is 1. The smallest absolute Gasteiger partial charge is 0.408 e. The first kappa shape index (κ1) is 24.3. The maximum Gasteiger partial charge on any atom is 0.408 e. The molecule has 4 N–H and O–H groups in total. The van der Waals surface area contributed by atoms with Crippen LogP contribution in [-0.4, -0.2) is 41.5 Å². The van der Waals surface area contributed by atoms with Crippen molar-refractivity contribution in [3.63, 3.8) is 0 Å². The Hall–Kier alpha value is -4.79. The number of amides is 2. The Morgan fingerprint density at radius 3 is 2.67 bits per heavy atom. The average molecular weight is 487 g/mol. The van der Waals surface area contributed by atoms with E-state index in [9.17, 15) is 14.7 Å². The first-order valence-corrected chi connectivity index (χ1v) is 11.3. The van der Waals surface area contributed by atoms with Gasteiger partial charge < -0.3 is 24.9 Å². The molecule has 0 aliphatic carbocycles. The van der Waals surface area contributed by atoms with E-state index >= 15 is 0 Å². The number of rotatable bonds is 9. The number of aromatic amines is 1. The van der Waals surface area contributed by atoms with Crippen LogP contribution in [-0.2, 0) is 22.6 Å². The number of hydrogen-bond acceptors (Lipinski definition) is 6. The fourth-order valence-corrected chi connectivity index (χ4v) is 3.66. The Morgan fingerprint density at radius 1 is 1.08 bits per heavy atom. The Morgan fingerprint density at radius 2 is 1.86 bits per heavy atom. The summed E-state index contributed by atoms with van der Waals surface area (Å²) in [6.07, 6.45) is 2.73. The molecule has 0 saturated carbocycles. The second-order valence-corrected chi connectivity index (χ2v) is 7.99. The molecule has 4 aromatic rings. The normalized spacial score (nSPS) is 11.8. The number of alkyl carbamates (subject to hydrolysis) is 1. The molecule has 1 aromatic heterocycles. The average Bonchev–Trinajstić information content (AvgIpc) is 3.31. The Labute approximate surface area is 207 Å². The molecule has 4 rings (SSSR count). The summed E-state index contributed by atoms with van der Waals surface area (Å²) in [6, 6.07) is 20.7. The molecule has 0 spiro atoms. The Balaban J connectivity index is 1.46. The van der Waals surface area contributed by atoms with Crippen molar-refractivity contribution < 1.29 is 24.2 Å². The highest BCUT2D eigenvalue weighted by molar-refractivity contribution is 5.89. The number of phenolic OH excluding ortho intramolecular Hbond substituents is 1. The lowest BCUT2D eigenvalue weighted by Crippen LogP contribution is -2.47. The third-order valence-corrected chi connectivity index (χ3v) is 5.51. The summed E-state index contributed by atoms with van der Waals surface area (Å²) in [4.78, 5) is 28.7. The number of benzene rings is 3. The highest BCUT2D eigenvalue weighted by Crippen LogP contribution is 2.25. The van der Waals surface area contributed by atoms with Gasteiger partial charge >= 0.3 is 6.09 Å². The molecular formula is C27H26N4O5. The Kier molecular flexibility index (Phi) is 7.82. The molecule has 0 bridgehead atoms. The van der Waals surface area contributed by atoms with Gasteiger partial charge in [0, 0.05) is 23.5 Å². The monoisotopic (exact) mass is 486 g/mol. The molecule has 9 nitrogen and oxygen atoms in total. The van der Waals surface area contributed by atoms with Gasteiger partial charge in [-0.15, -0.1) is 0 Å². The van der Waals surface area contributed by atoms with Crippen LogP contribution < -0.4 is 15.5 Å². The van der Waals surface area contributed by atoms with Crippen LogP contribution in [0, 0.1) is 0 Å². The minimum absolute atomic E-state index is 0.00399. The number of para-hydroxylation sites is 1. The van der Waals surface area contributed by atoms with Crippen molar-refractivity contribution in [3.8, 4) is 11.5 Å². The SMILES string of the molecule is COc1cc(/C=N\NC(=O)[C@H](Cc2c[nH]c3ccccc23)NC(=O)OCc2ccccc2)ccc1O. The van der Waals surface area contributed by atoms with Crippen molar-refractivity contribution in [2.24, 2.45) is 5.10 Å². The zero-order valence-electron chi connectivity index (χ0n) is 19.6. The molecule has 1 atom stereocenters. The zero-order chi connectivity index (χ0) is 25.3. The van der Waals surface area contributed by atoms with Crippen molar-refractivity contribution in [2.45, 2.75) is 19.1 Å². The summed E-state index contributed by atoms with van der Waals surface area (Å²) in [5.74, 6) is -0.236. The van der Waals surface area contributed by atoms with Crippen LogP contribution >= 0.6 is 0 Å². The first-order valence-electron chi connectivity index (χ1n) is 11.3. The second-order valence-electron chi connectivity index (χ2n) is 7.99. The van der Waals surface area contributed by atoms with Gasteiger partial charge in [0.15, 0.2) is 11.5 Å². The van der Waals surface area contributed by atoms with Crippen LogP contribution in [0.2, 0.25) is 0 Å². The van der Waals surface area contributed by atoms with Crippen molar-refractivity contribution in [1.29, 1.82) is 0 Å². The van der Waals surface area contributed by atoms with Crippen LogP contribution in [0.15, 0.2) is 84.1 Å². The number of ether oxygens (including phenoxy) is 2. The van der Waals surface area contributed by atoms with E-state index in [0.717, 1.165) is 22.0 Å². The molecule has 0 aliphatic heterocycles. The number of phenols is 1. The zero-order valence-corrected chi connectivity index (χ0v) is 19.6. The van der Waals surface area contributed by atoms with Gasteiger partial charge in [0.1, 0.15) is 12.6 Å². The standard InChI is InChI=1S/C27H26N4O5/c1-35-25-13-19(11-12-24(25)32)15-29-31-26(33)23(14-20-16-28-22-10-6-5-9-21(20)22)30-27(34)36-17-18-7-3-2-4-8-18/h2-13,15-16,23,28,32H,14,17H2,1H3,(H,30,34)(H,31,33)/b29-15-/t23-/m0/s1. The van der Waals surface area contributed by atoms with Gasteiger partial charge in [-0.25, -0.2) is 10.2 Å². The van der Waals surface area contributed by atoms with Gasteiger partial charge in [-0.05, 0) is 41.0 Å². The Bertz CT molecular complexity index is 1370. The predicted octanol–water partition coefficient (Wildman–Crippen LogP) is 3.87. The van der Waals surface area contributed by atoms with Crippen LogP contribution in [0.5, 0.6) is 11.5 Å². The molecule has 2 amide bonds. The van der Waals surface area contributed by atoms with Gasteiger partial charge in [-0.3, -0.25) is 4.79 Å². The van der Waals surface area contributed by atoms with Gasteiger partial charge in [-0.2, -0.15) is 5.10 Å². The topological polar surface area (TPSA) is 125 Å². The molecule has 9 heteroatoms. The number of aromatic nitrogens is 1. The molecule has 3 aromatic carbocycles. The van der Waals surface area contributed by atoms with Crippen LogP contribution in [0.1, 0.15) is 16.7 Å². The number of carbonyl (C=O) groups excluding carboxylic acids is 2. The summed E-state index contributed by atoms with van der Waals surface area (Å²) in [5, 5.41) is 17.3. The van der Waals surface area contributed by atoms with E-state index in [-0.39, 0.29) is 24.5 Å². The minimum Gasteiger partial charge on any atom is -0.504 e. The summed E-state index contributed by atoms with van der Waals surface area (Å²) in [7, 11) is 1.44. The highest BCUT2D eigenvalue weighted by Gasteiger charge is 2.23. The van der Waals surface area contributed by atoms with Gasteiger partial charge in [0.2, 0.25) is 0 Å². The predicted molar refractivity (Wildman–Crippen MR) is 136 cm³/mol. The van der Waals surface area contributed by atoms with Crippen molar-refractivity contribution in [3.05, 3.63) is 95.7 Å². The van der Waals surface area contributed by atoms with E-state index in [0.29, 0.717) is 5.56 Å². The third-order valence-electron chi connectivity index (χ3n) is 5.51. The first-order chi connectivity index (χ1) is 17.5. The number of nitrogens with zero attached hydrogens (tertiary/aromatic N) is 1. The summed E-state index contributed by atoms with van der Waals surface area (Å²) >= 11 is 0. The number of hydrazone groups is 1. The number of nitrogens with one attached hydrogen (secondary N) is 3. The van der Waals surface area contributed by atoms with Crippen LogP contribution in [0.3, 0.4) is 0 Å². The lowest BCUT2D eigenvalue weighted by molar-refractivity contribution is -0.123. The molecule has 0 unspecified atom stereocenters. The molecule has 0 aliphatic rings. The third kappa shape index (κ3) is 6.20. The molecule has 0 fully saturated rings. The molecule has 0 radical (unpaired) electrons. The number of aromatic hydroxyl groups is 1. The summed E-state index contributed by atoms with van der Waals surface area (Å²) < 4.78 is 10.4. The number of hydrogen-bond donors (Lipinski definition) is 4. The molecular weight excluding hydrogens is 460 g/mol. The van der Waals surface area contributed by atoms with Crippen LogP contribution in [0.4, 0.5) is 4.79 Å². The second kappa shape index (κ2) is 11.6. The van der Waals surface area contributed by atoms with E-state index in [1.54, 1.807) is 12.1 Å². The van der Waals surface area contributed by atoms with Crippen molar-refractivity contribution in [2.75, 3.05) is 7.11 Å². The molecule has 1 heterocycles. The van der Waals surface area contributed by atoms with E-state index in [1.807, 2.05) is 60.8 Å². The molecule has 0 saturated heterocycles. The number of fused-ring (bicyclic) bond motifs is 1. The molecule has 184 valence electrons. The van der Waals surface area contributed by atoms with Crippen molar-refractivity contribution >= 4 is 29.1 Å². The minimum atomic E-state index is -0.945. The van der Waals surface area contributed by atoms with E-state index in [1.165, 1.54) is 19.4 Å². The number of carbonyl (C=O) groups is 2. The maximum absolute atomic E-state index is 13.0. The maximum atomic E-state index is 13.0. The van der Waals surface area contributed by atoms with Gasteiger partial charge in [-0.1, -0.05) is 48.5 Å². The van der Waals surface area contributed by atoms with E-state index in [4.69, 9.17) is 9.47 Å².